The van der Waals surface area contributed by atoms with Gasteiger partial charge in [-0.05, 0) is 24.3 Å². The fourth-order valence-electron chi connectivity index (χ4n) is 2.38. The molecule has 2 fully saturated rings. The van der Waals surface area contributed by atoms with Gasteiger partial charge >= 0.3 is 6.09 Å². The van der Waals surface area contributed by atoms with Crippen molar-refractivity contribution in [2.75, 3.05) is 25.1 Å². The van der Waals surface area contributed by atoms with Crippen molar-refractivity contribution in [1.82, 2.24) is 5.32 Å². The van der Waals surface area contributed by atoms with Crippen LogP contribution >= 0.6 is 0 Å². The number of nitrogens with zero attached hydrogens (tertiary/aromatic N) is 1. The Balaban J connectivity index is 1.89. The lowest BCUT2D eigenvalue weighted by molar-refractivity contribution is 0.143. The zero-order valence-corrected chi connectivity index (χ0v) is 9.55. The highest BCUT2D eigenvalue weighted by atomic mass is 16.6. The minimum atomic E-state index is -0.258. The molecule has 0 radical (unpaired) electrons. The highest BCUT2D eigenvalue weighted by molar-refractivity contribution is 5.91. The third-order valence-electron chi connectivity index (χ3n) is 3.26. The summed E-state index contributed by atoms with van der Waals surface area (Å²) in [4.78, 5) is 13.5. The van der Waals surface area contributed by atoms with Crippen LogP contribution in [-0.2, 0) is 4.74 Å². The van der Waals surface area contributed by atoms with Gasteiger partial charge in [-0.3, -0.25) is 4.90 Å². The van der Waals surface area contributed by atoms with E-state index in [2.05, 4.69) is 5.32 Å². The maximum Gasteiger partial charge on any atom is 0.415 e. The van der Waals surface area contributed by atoms with Crippen LogP contribution in [-0.4, -0.2) is 38.4 Å². The van der Waals surface area contributed by atoms with Crippen molar-refractivity contribution in [3.8, 4) is 5.75 Å². The Morgan fingerprint density at radius 1 is 1.35 bits per heavy atom. The molecule has 3 rings (SSSR count). The van der Waals surface area contributed by atoms with Gasteiger partial charge in [0.15, 0.2) is 0 Å². The van der Waals surface area contributed by atoms with E-state index in [9.17, 15) is 4.79 Å². The number of methoxy groups -OCH3 is 1. The van der Waals surface area contributed by atoms with E-state index < -0.39 is 0 Å². The molecule has 5 heteroatoms. The monoisotopic (exact) mass is 234 g/mol. The molecule has 2 unspecified atom stereocenters. The average Bonchev–Trinajstić information content (AvgIpc) is 2.89. The number of hydrogen-bond acceptors (Lipinski definition) is 4. The van der Waals surface area contributed by atoms with Crippen LogP contribution in [0, 0.1) is 0 Å². The predicted octanol–water partition coefficient (Wildman–Crippen LogP) is 0.992. The largest absolute Gasteiger partial charge is 0.497 e. The molecule has 2 atom stereocenters. The molecule has 2 saturated heterocycles. The molecule has 17 heavy (non-hydrogen) atoms. The number of carbonyl (C=O) groups is 1. The molecule has 1 N–H and O–H groups in total. The molecule has 2 heterocycles. The lowest BCUT2D eigenvalue weighted by Gasteiger charge is -2.19. The Morgan fingerprint density at radius 2 is 2.12 bits per heavy atom. The average molecular weight is 234 g/mol. The van der Waals surface area contributed by atoms with Gasteiger partial charge < -0.3 is 14.8 Å². The van der Waals surface area contributed by atoms with Gasteiger partial charge in [-0.1, -0.05) is 0 Å². The number of hydrogen-bond donors (Lipinski definition) is 1. The number of rotatable bonds is 2. The molecule has 0 aromatic heterocycles. The van der Waals surface area contributed by atoms with E-state index in [0.717, 1.165) is 24.5 Å². The summed E-state index contributed by atoms with van der Waals surface area (Å²) in [5.41, 5.74) is 0.854. The van der Waals surface area contributed by atoms with Crippen LogP contribution in [0.15, 0.2) is 24.3 Å². The first-order chi connectivity index (χ1) is 8.29. The first-order valence-corrected chi connectivity index (χ1v) is 5.64. The summed E-state index contributed by atoms with van der Waals surface area (Å²) >= 11 is 0. The van der Waals surface area contributed by atoms with E-state index in [1.807, 2.05) is 24.3 Å². The van der Waals surface area contributed by atoms with Gasteiger partial charge in [0, 0.05) is 18.8 Å². The minimum Gasteiger partial charge on any atom is -0.497 e. The number of amides is 1. The van der Waals surface area contributed by atoms with Crippen LogP contribution in [0.3, 0.4) is 0 Å². The zero-order valence-electron chi connectivity index (χ0n) is 9.55. The Morgan fingerprint density at radius 3 is 2.82 bits per heavy atom. The molecule has 5 nitrogen and oxygen atoms in total. The topological polar surface area (TPSA) is 50.8 Å². The number of benzene rings is 1. The summed E-state index contributed by atoms with van der Waals surface area (Å²) in [5.74, 6) is 0.780. The van der Waals surface area contributed by atoms with Gasteiger partial charge in [-0.15, -0.1) is 0 Å². The van der Waals surface area contributed by atoms with E-state index in [1.54, 1.807) is 12.0 Å². The molecule has 1 amide bonds. The van der Waals surface area contributed by atoms with Crippen molar-refractivity contribution in [2.45, 2.75) is 12.1 Å². The van der Waals surface area contributed by atoms with Crippen LogP contribution < -0.4 is 15.0 Å². The molecular formula is C12H14N2O3. The quantitative estimate of drug-likeness (QED) is 0.829. The second-order valence-corrected chi connectivity index (χ2v) is 4.22. The van der Waals surface area contributed by atoms with E-state index in [4.69, 9.17) is 9.47 Å². The maximum absolute atomic E-state index is 11.8. The van der Waals surface area contributed by atoms with Crippen molar-refractivity contribution in [1.29, 1.82) is 0 Å². The highest BCUT2D eigenvalue weighted by Gasteiger charge is 2.45. The third kappa shape index (κ3) is 1.63. The SMILES string of the molecule is COc1ccc(N2C(=O)OC3CNCC32)cc1. The number of ether oxygens (including phenoxy) is 2. The van der Waals surface area contributed by atoms with Gasteiger partial charge in [-0.2, -0.15) is 0 Å². The molecule has 1 aromatic rings. The number of nitrogens with one attached hydrogen (secondary N) is 1. The maximum atomic E-state index is 11.8. The smallest absolute Gasteiger partial charge is 0.415 e. The second-order valence-electron chi connectivity index (χ2n) is 4.22. The number of fused-ring (bicyclic) bond motifs is 1. The summed E-state index contributed by atoms with van der Waals surface area (Å²) in [6.45, 7) is 1.52. The zero-order chi connectivity index (χ0) is 11.8. The standard InChI is InChI=1S/C12H14N2O3/c1-16-9-4-2-8(3-5-9)14-10-6-13-7-11(10)17-12(14)15/h2-5,10-11,13H,6-7H2,1H3. The van der Waals surface area contributed by atoms with Crippen LogP contribution in [0.1, 0.15) is 0 Å². The summed E-state index contributed by atoms with van der Waals surface area (Å²) < 4.78 is 10.4. The Bertz CT molecular complexity index is 432. The molecule has 1 aromatic carbocycles. The van der Waals surface area contributed by atoms with Crippen molar-refractivity contribution < 1.29 is 14.3 Å². The molecule has 2 aliphatic heterocycles. The summed E-state index contributed by atoms with van der Waals surface area (Å²) in [6.07, 6.45) is -0.281. The molecule has 2 aliphatic rings. The van der Waals surface area contributed by atoms with Gasteiger partial charge in [0.25, 0.3) is 0 Å². The van der Waals surface area contributed by atoms with E-state index in [1.165, 1.54) is 0 Å². The molecular weight excluding hydrogens is 220 g/mol. The van der Waals surface area contributed by atoms with Crippen molar-refractivity contribution in [2.24, 2.45) is 0 Å². The van der Waals surface area contributed by atoms with Crippen LogP contribution in [0.25, 0.3) is 0 Å². The highest BCUT2D eigenvalue weighted by Crippen LogP contribution is 2.29. The van der Waals surface area contributed by atoms with Gasteiger partial charge in [0.05, 0.1) is 13.2 Å². The summed E-state index contributed by atoms with van der Waals surface area (Å²) in [7, 11) is 1.62. The van der Waals surface area contributed by atoms with Gasteiger partial charge in [-0.25, -0.2) is 4.79 Å². The second kappa shape index (κ2) is 3.92. The van der Waals surface area contributed by atoms with Crippen LogP contribution in [0.2, 0.25) is 0 Å². The predicted molar refractivity (Wildman–Crippen MR) is 62.4 cm³/mol. The van der Waals surface area contributed by atoms with Gasteiger partial charge in [0.1, 0.15) is 11.9 Å². The fourth-order valence-corrected chi connectivity index (χ4v) is 2.38. The Hall–Kier alpha value is -1.75. The Kier molecular flexibility index (Phi) is 2.40. The van der Waals surface area contributed by atoms with Crippen LogP contribution in [0.5, 0.6) is 5.75 Å². The lowest BCUT2D eigenvalue weighted by atomic mass is 10.2. The fraction of sp³-hybridized carbons (Fsp3) is 0.417. The number of anilines is 1. The third-order valence-corrected chi connectivity index (χ3v) is 3.26. The lowest BCUT2D eigenvalue weighted by Crippen LogP contribution is -2.37. The normalized spacial score (nSPS) is 26.9. The Labute approximate surface area is 99.3 Å². The first kappa shape index (κ1) is 10.4. The van der Waals surface area contributed by atoms with Crippen LogP contribution in [0.4, 0.5) is 10.5 Å². The van der Waals surface area contributed by atoms with Crippen molar-refractivity contribution >= 4 is 11.8 Å². The number of carbonyl (C=O) groups excluding carboxylic acids is 1. The van der Waals surface area contributed by atoms with Crippen molar-refractivity contribution in [3.05, 3.63) is 24.3 Å². The summed E-state index contributed by atoms with van der Waals surface area (Å²) in [5, 5.41) is 3.22. The van der Waals surface area contributed by atoms with Crippen molar-refractivity contribution in [3.63, 3.8) is 0 Å². The molecule has 0 bridgehead atoms. The molecule has 0 spiro atoms. The molecule has 90 valence electrons. The van der Waals surface area contributed by atoms with E-state index in [0.29, 0.717) is 0 Å². The van der Waals surface area contributed by atoms with Gasteiger partial charge in [0.2, 0.25) is 0 Å². The summed E-state index contributed by atoms with van der Waals surface area (Å²) in [6, 6.07) is 7.55. The first-order valence-electron chi connectivity index (χ1n) is 5.64. The molecule has 0 aliphatic carbocycles. The van der Waals surface area contributed by atoms with E-state index >= 15 is 0 Å². The van der Waals surface area contributed by atoms with E-state index in [-0.39, 0.29) is 18.2 Å². The minimum absolute atomic E-state index is 0.0235. The molecule has 0 saturated carbocycles.